The standard InChI is InChI=1S/C23H17ClN2O/c24-19-7-3-5-16-10-9-15-4-1-2-6-17(15)18(22(16)19)12-14-8-11-20-21(13-14)26-23(27)25-20/h1-8,11-13H,9-10H2,(H2,25,26,27). The Labute approximate surface area is 161 Å². The highest BCUT2D eigenvalue weighted by Crippen LogP contribution is 2.38. The molecule has 0 atom stereocenters. The second kappa shape index (κ2) is 6.29. The number of hydrogen-bond acceptors (Lipinski definition) is 1. The van der Waals surface area contributed by atoms with Crippen LogP contribution in [0.15, 0.2) is 65.5 Å². The number of nitrogens with one attached hydrogen (secondary N) is 2. The molecule has 0 spiro atoms. The van der Waals surface area contributed by atoms with E-state index in [1.807, 2.05) is 30.3 Å². The van der Waals surface area contributed by atoms with Crippen LogP contribution >= 0.6 is 11.6 Å². The van der Waals surface area contributed by atoms with Gasteiger partial charge >= 0.3 is 5.69 Å². The van der Waals surface area contributed by atoms with E-state index in [2.05, 4.69) is 46.4 Å². The average Bonchev–Trinajstić information content (AvgIpc) is 2.96. The number of aryl methyl sites for hydroxylation is 2. The summed E-state index contributed by atoms with van der Waals surface area (Å²) < 4.78 is 0. The SMILES string of the molecule is O=c1[nH]c2ccc(C=C3c4ccccc4CCc4cccc(Cl)c43)cc2[nH]1. The minimum absolute atomic E-state index is 0.192. The number of imidazole rings is 1. The summed E-state index contributed by atoms with van der Waals surface area (Å²) in [5, 5.41) is 0.770. The van der Waals surface area contributed by atoms with Crippen LogP contribution in [-0.4, -0.2) is 9.97 Å². The number of rotatable bonds is 1. The van der Waals surface area contributed by atoms with E-state index in [1.165, 1.54) is 16.7 Å². The second-order valence-electron chi connectivity index (χ2n) is 6.87. The van der Waals surface area contributed by atoms with Crippen molar-refractivity contribution in [3.63, 3.8) is 0 Å². The second-order valence-corrected chi connectivity index (χ2v) is 7.28. The number of halogens is 1. The van der Waals surface area contributed by atoms with E-state index in [1.54, 1.807) is 0 Å². The summed E-state index contributed by atoms with van der Waals surface area (Å²) in [6.45, 7) is 0. The molecule has 1 aliphatic carbocycles. The Morgan fingerprint density at radius 1 is 0.852 bits per heavy atom. The summed E-state index contributed by atoms with van der Waals surface area (Å²) in [5.74, 6) is 0. The van der Waals surface area contributed by atoms with Crippen LogP contribution in [0.1, 0.15) is 27.8 Å². The van der Waals surface area contributed by atoms with Crippen molar-refractivity contribution in [2.75, 3.05) is 0 Å². The minimum atomic E-state index is -0.192. The Kier molecular flexibility index (Phi) is 3.76. The predicted octanol–water partition coefficient (Wildman–Crippen LogP) is 5.20. The maximum absolute atomic E-state index is 11.6. The molecule has 1 heterocycles. The Balaban J connectivity index is 1.78. The molecule has 0 saturated carbocycles. The van der Waals surface area contributed by atoms with Gasteiger partial charge in [-0.1, -0.05) is 54.1 Å². The van der Waals surface area contributed by atoms with Gasteiger partial charge in [-0.3, -0.25) is 0 Å². The smallest absolute Gasteiger partial charge is 0.306 e. The topological polar surface area (TPSA) is 48.6 Å². The van der Waals surface area contributed by atoms with Crippen molar-refractivity contribution in [2.24, 2.45) is 0 Å². The molecule has 27 heavy (non-hydrogen) atoms. The van der Waals surface area contributed by atoms with Gasteiger partial charge in [-0.25, -0.2) is 4.79 Å². The average molecular weight is 373 g/mol. The third-order valence-corrected chi connectivity index (χ3v) is 5.51. The fourth-order valence-corrected chi connectivity index (χ4v) is 4.24. The molecule has 0 fully saturated rings. The van der Waals surface area contributed by atoms with Crippen LogP contribution in [0, 0.1) is 0 Å². The van der Waals surface area contributed by atoms with Gasteiger partial charge in [0.25, 0.3) is 0 Å². The molecule has 0 bridgehead atoms. The molecule has 3 nitrogen and oxygen atoms in total. The highest BCUT2D eigenvalue weighted by atomic mass is 35.5. The molecule has 5 rings (SSSR count). The number of aromatic nitrogens is 2. The molecule has 4 aromatic rings. The molecular formula is C23H17ClN2O. The minimum Gasteiger partial charge on any atom is -0.306 e. The first-order valence-corrected chi connectivity index (χ1v) is 9.36. The summed E-state index contributed by atoms with van der Waals surface area (Å²) in [5.41, 5.74) is 8.48. The Hall–Kier alpha value is -3.04. The fraction of sp³-hybridized carbons (Fsp3) is 0.0870. The molecule has 0 radical (unpaired) electrons. The van der Waals surface area contributed by atoms with Crippen LogP contribution in [0.4, 0.5) is 0 Å². The lowest BCUT2D eigenvalue weighted by molar-refractivity contribution is 0.965. The fourth-order valence-electron chi connectivity index (χ4n) is 3.94. The molecule has 1 aromatic heterocycles. The van der Waals surface area contributed by atoms with Crippen LogP contribution in [0.2, 0.25) is 5.02 Å². The number of aromatic amines is 2. The van der Waals surface area contributed by atoms with E-state index in [9.17, 15) is 4.79 Å². The molecular weight excluding hydrogens is 356 g/mol. The van der Waals surface area contributed by atoms with Gasteiger partial charge in [-0.05, 0) is 64.9 Å². The van der Waals surface area contributed by atoms with Crippen LogP contribution in [0.3, 0.4) is 0 Å². The number of hydrogen-bond donors (Lipinski definition) is 2. The Morgan fingerprint density at radius 2 is 1.63 bits per heavy atom. The first kappa shape index (κ1) is 16.2. The van der Waals surface area contributed by atoms with Crippen molar-refractivity contribution in [1.29, 1.82) is 0 Å². The molecule has 132 valence electrons. The third kappa shape index (κ3) is 2.81. The Morgan fingerprint density at radius 3 is 2.56 bits per heavy atom. The van der Waals surface area contributed by atoms with Crippen molar-refractivity contribution >= 4 is 34.3 Å². The molecule has 0 amide bonds. The van der Waals surface area contributed by atoms with E-state index in [4.69, 9.17) is 11.6 Å². The van der Waals surface area contributed by atoms with Crippen LogP contribution < -0.4 is 5.69 Å². The van der Waals surface area contributed by atoms with Gasteiger partial charge in [-0.2, -0.15) is 0 Å². The number of fused-ring (bicyclic) bond motifs is 3. The van der Waals surface area contributed by atoms with Gasteiger partial charge in [0.05, 0.1) is 11.0 Å². The van der Waals surface area contributed by atoms with Gasteiger partial charge in [0, 0.05) is 10.6 Å². The van der Waals surface area contributed by atoms with Gasteiger partial charge in [0.2, 0.25) is 0 Å². The first-order valence-electron chi connectivity index (χ1n) is 8.99. The maximum atomic E-state index is 11.6. The van der Waals surface area contributed by atoms with Crippen molar-refractivity contribution < 1.29 is 0 Å². The normalized spacial score (nSPS) is 14.8. The zero-order chi connectivity index (χ0) is 18.4. The van der Waals surface area contributed by atoms with Crippen molar-refractivity contribution in [3.05, 3.63) is 104 Å². The van der Waals surface area contributed by atoms with Crippen molar-refractivity contribution in [2.45, 2.75) is 12.8 Å². The largest absolute Gasteiger partial charge is 0.323 e. The summed E-state index contributed by atoms with van der Waals surface area (Å²) in [6.07, 6.45) is 4.12. The van der Waals surface area contributed by atoms with E-state index in [-0.39, 0.29) is 5.69 Å². The third-order valence-electron chi connectivity index (χ3n) is 5.19. The molecule has 1 aliphatic rings. The lowest BCUT2D eigenvalue weighted by atomic mass is 9.92. The van der Waals surface area contributed by atoms with Crippen LogP contribution in [0.5, 0.6) is 0 Å². The van der Waals surface area contributed by atoms with E-state index in [0.29, 0.717) is 0 Å². The summed E-state index contributed by atoms with van der Waals surface area (Å²) in [4.78, 5) is 17.2. The van der Waals surface area contributed by atoms with E-state index < -0.39 is 0 Å². The number of benzene rings is 3. The lowest BCUT2D eigenvalue weighted by Gasteiger charge is -2.14. The van der Waals surface area contributed by atoms with Crippen LogP contribution in [0.25, 0.3) is 22.7 Å². The predicted molar refractivity (Wildman–Crippen MR) is 111 cm³/mol. The highest BCUT2D eigenvalue weighted by Gasteiger charge is 2.20. The van der Waals surface area contributed by atoms with Gasteiger partial charge < -0.3 is 9.97 Å². The number of H-pyrrole nitrogens is 2. The highest BCUT2D eigenvalue weighted by molar-refractivity contribution is 6.33. The Bertz CT molecular complexity index is 1260. The molecule has 0 saturated heterocycles. The molecule has 4 heteroatoms. The first-order chi connectivity index (χ1) is 13.2. The van der Waals surface area contributed by atoms with Gasteiger partial charge in [0.15, 0.2) is 0 Å². The monoisotopic (exact) mass is 372 g/mol. The zero-order valence-corrected chi connectivity index (χ0v) is 15.3. The molecule has 2 N–H and O–H groups in total. The molecule has 3 aromatic carbocycles. The summed E-state index contributed by atoms with van der Waals surface area (Å²) in [6, 6.07) is 20.6. The lowest BCUT2D eigenvalue weighted by Crippen LogP contribution is -1.99. The zero-order valence-electron chi connectivity index (χ0n) is 14.6. The van der Waals surface area contributed by atoms with Gasteiger partial charge in [0.1, 0.15) is 0 Å². The van der Waals surface area contributed by atoms with Gasteiger partial charge in [-0.15, -0.1) is 0 Å². The van der Waals surface area contributed by atoms with E-state index >= 15 is 0 Å². The summed E-state index contributed by atoms with van der Waals surface area (Å²) in [7, 11) is 0. The molecule has 0 aliphatic heterocycles. The van der Waals surface area contributed by atoms with Crippen molar-refractivity contribution in [3.8, 4) is 0 Å². The van der Waals surface area contributed by atoms with Crippen molar-refractivity contribution in [1.82, 2.24) is 9.97 Å². The maximum Gasteiger partial charge on any atom is 0.323 e. The molecule has 0 unspecified atom stereocenters. The van der Waals surface area contributed by atoms with Crippen LogP contribution in [-0.2, 0) is 12.8 Å². The van der Waals surface area contributed by atoms with E-state index in [0.717, 1.165) is 45.6 Å². The quantitative estimate of drug-likeness (QED) is 0.474. The summed E-state index contributed by atoms with van der Waals surface area (Å²) >= 11 is 6.65.